The van der Waals surface area contributed by atoms with Crippen LogP contribution in [0.25, 0.3) is 0 Å². The van der Waals surface area contributed by atoms with Crippen molar-refractivity contribution in [2.75, 3.05) is 19.6 Å². The van der Waals surface area contributed by atoms with Crippen molar-refractivity contribution in [3.05, 3.63) is 22.4 Å². The summed E-state index contributed by atoms with van der Waals surface area (Å²) in [7, 11) is 0. The lowest BCUT2D eigenvalue weighted by Crippen LogP contribution is -2.46. The Balaban J connectivity index is 1.43. The van der Waals surface area contributed by atoms with Crippen LogP contribution in [-0.4, -0.2) is 36.6 Å². The monoisotopic (exact) mass is 250 g/mol. The second kappa shape index (κ2) is 5.51. The molecule has 3 heteroatoms. The van der Waals surface area contributed by atoms with E-state index in [1.807, 2.05) is 11.3 Å². The summed E-state index contributed by atoms with van der Waals surface area (Å²) in [4.78, 5) is 2.64. The summed E-state index contributed by atoms with van der Waals surface area (Å²) >= 11 is 1.81. The molecule has 1 saturated heterocycles. The molecule has 0 aromatic carbocycles. The molecule has 1 N–H and O–H groups in total. The zero-order valence-corrected chi connectivity index (χ0v) is 11.2. The number of likely N-dealkylation sites (tertiary alicyclic amines) is 1. The molecule has 1 aromatic rings. The van der Waals surface area contributed by atoms with Crippen molar-refractivity contribution in [1.82, 2.24) is 10.2 Å². The summed E-state index contributed by atoms with van der Waals surface area (Å²) in [5.41, 5.74) is 1.51. The Hall–Kier alpha value is -0.380. The predicted molar refractivity (Wildman–Crippen MR) is 73.6 cm³/mol. The molecule has 1 saturated carbocycles. The number of hydrogen-bond donors (Lipinski definition) is 1. The molecule has 94 valence electrons. The van der Waals surface area contributed by atoms with Gasteiger partial charge in [-0.2, -0.15) is 11.3 Å². The minimum absolute atomic E-state index is 0.763. The van der Waals surface area contributed by atoms with Gasteiger partial charge in [-0.1, -0.05) is 0 Å². The van der Waals surface area contributed by atoms with Gasteiger partial charge in [-0.15, -0.1) is 0 Å². The number of rotatable bonds is 5. The van der Waals surface area contributed by atoms with E-state index < -0.39 is 0 Å². The molecule has 1 aliphatic carbocycles. The smallest absolute Gasteiger partial charge is 0.0198 e. The largest absolute Gasteiger partial charge is 0.310 e. The summed E-state index contributed by atoms with van der Waals surface area (Å²) in [6.07, 6.45) is 6.79. The first kappa shape index (κ1) is 11.7. The highest BCUT2D eigenvalue weighted by atomic mass is 32.1. The number of piperidine rings is 1. The highest BCUT2D eigenvalue weighted by Gasteiger charge is 2.27. The zero-order chi connectivity index (χ0) is 11.5. The molecular weight excluding hydrogens is 228 g/mol. The average Bonchev–Trinajstić information content (AvgIpc) is 3.00. The Kier molecular flexibility index (Phi) is 3.79. The average molecular weight is 250 g/mol. The topological polar surface area (TPSA) is 15.3 Å². The highest BCUT2D eigenvalue weighted by Crippen LogP contribution is 2.22. The van der Waals surface area contributed by atoms with Gasteiger partial charge < -0.3 is 10.2 Å². The van der Waals surface area contributed by atoms with Crippen molar-refractivity contribution >= 4 is 11.3 Å². The van der Waals surface area contributed by atoms with Gasteiger partial charge in [0.2, 0.25) is 0 Å². The molecule has 0 radical (unpaired) electrons. The lowest BCUT2D eigenvalue weighted by molar-refractivity contribution is 0.191. The minimum atomic E-state index is 0.763. The van der Waals surface area contributed by atoms with Crippen LogP contribution in [0.5, 0.6) is 0 Å². The van der Waals surface area contributed by atoms with Crippen LogP contribution in [0.4, 0.5) is 0 Å². The van der Waals surface area contributed by atoms with Gasteiger partial charge in [0.1, 0.15) is 0 Å². The van der Waals surface area contributed by atoms with Crippen molar-refractivity contribution in [2.45, 2.75) is 44.2 Å². The van der Waals surface area contributed by atoms with Crippen molar-refractivity contribution in [3.8, 4) is 0 Å². The third-order valence-corrected chi connectivity index (χ3v) is 4.58. The third-order valence-electron chi connectivity index (χ3n) is 3.85. The molecule has 1 aliphatic heterocycles. The predicted octanol–water partition coefficient (Wildman–Crippen LogP) is 2.51. The van der Waals surface area contributed by atoms with Crippen LogP contribution in [0.2, 0.25) is 0 Å². The van der Waals surface area contributed by atoms with Crippen molar-refractivity contribution in [2.24, 2.45) is 0 Å². The molecule has 1 aromatic heterocycles. The molecule has 3 rings (SSSR count). The Morgan fingerprint density at radius 3 is 3.00 bits per heavy atom. The first-order chi connectivity index (χ1) is 8.40. The fourth-order valence-electron chi connectivity index (χ4n) is 2.70. The van der Waals surface area contributed by atoms with Crippen LogP contribution >= 0.6 is 11.3 Å². The quantitative estimate of drug-likeness (QED) is 0.864. The van der Waals surface area contributed by atoms with Crippen LogP contribution in [0.1, 0.15) is 31.2 Å². The standard InChI is InChI=1S/C14H22N2S/c1-2-14(15-13-3-4-13)10-16(7-1)8-5-12-6-9-17-11-12/h6,9,11,13-15H,1-5,7-8,10H2. The van der Waals surface area contributed by atoms with Crippen molar-refractivity contribution in [1.29, 1.82) is 0 Å². The van der Waals surface area contributed by atoms with Gasteiger partial charge in [0.15, 0.2) is 0 Å². The van der Waals surface area contributed by atoms with E-state index >= 15 is 0 Å². The van der Waals surface area contributed by atoms with Gasteiger partial charge in [0.25, 0.3) is 0 Å². The SMILES string of the molecule is c1cc(CCN2CCCC(NC3CC3)C2)cs1. The zero-order valence-electron chi connectivity index (χ0n) is 10.4. The number of nitrogens with zero attached hydrogens (tertiary/aromatic N) is 1. The fourth-order valence-corrected chi connectivity index (χ4v) is 3.40. The summed E-state index contributed by atoms with van der Waals surface area (Å²) < 4.78 is 0. The Labute approximate surface area is 108 Å². The van der Waals surface area contributed by atoms with E-state index in [1.54, 1.807) is 0 Å². The lowest BCUT2D eigenvalue weighted by Gasteiger charge is -2.33. The Bertz CT molecular complexity index is 332. The van der Waals surface area contributed by atoms with Gasteiger partial charge in [0.05, 0.1) is 0 Å². The van der Waals surface area contributed by atoms with E-state index in [1.165, 1.54) is 57.3 Å². The van der Waals surface area contributed by atoms with Gasteiger partial charge in [0, 0.05) is 25.2 Å². The van der Waals surface area contributed by atoms with Crippen LogP contribution in [-0.2, 0) is 6.42 Å². The maximum Gasteiger partial charge on any atom is 0.0198 e. The molecular formula is C14H22N2S. The summed E-state index contributed by atoms with van der Waals surface area (Å²) in [5, 5.41) is 8.24. The molecule has 2 heterocycles. The van der Waals surface area contributed by atoms with Crippen LogP contribution in [0.15, 0.2) is 16.8 Å². The number of hydrogen-bond acceptors (Lipinski definition) is 3. The molecule has 2 fully saturated rings. The number of nitrogens with one attached hydrogen (secondary N) is 1. The van der Waals surface area contributed by atoms with Crippen molar-refractivity contribution < 1.29 is 0 Å². The highest BCUT2D eigenvalue weighted by molar-refractivity contribution is 7.07. The summed E-state index contributed by atoms with van der Waals surface area (Å²) in [5.74, 6) is 0. The molecule has 2 aliphatic rings. The molecule has 1 unspecified atom stereocenters. The normalized spacial score (nSPS) is 26.2. The van der Waals surface area contributed by atoms with E-state index in [9.17, 15) is 0 Å². The van der Waals surface area contributed by atoms with Gasteiger partial charge in [-0.25, -0.2) is 0 Å². The van der Waals surface area contributed by atoms with Gasteiger partial charge in [-0.3, -0.25) is 0 Å². The summed E-state index contributed by atoms with van der Waals surface area (Å²) in [6, 6.07) is 3.88. The minimum Gasteiger partial charge on any atom is -0.310 e. The number of thiophene rings is 1. The first-order valence-electron chi connectivity index (χ1n) is 6.89. The Morgan fingerprint density at radius 2 is 2.24 bits per heavy atom. The second-order valence-electron chi connectivity index (χ2n) is 5.46. The van der Waals surface area contributed by atoms with Crippen LogP contribution in [0, 0.1) is 0 Å². The van der Waals surface area contributed by atoms with Crippen LogP contribution in [0.3, 0.4) is 0 Å². The maximum atomic E-state index is 3.78. The summed E-state index contributed by atoms with van der Waals surface area (Å²) in [6.45, 7) is 3.80. The van der Waals surface area contributed by atoms with E-state index in [4.69, 9.17) is 0 Å². The van der Waals surface area contributed by atoms with E-state index in [2.05, 4.69) is 27.0 Å². The Morgan fingerprint density at radius 1 is 1.29 bits per heavy atom. The molecule has 17 heavy (non-hydrogen) atoms. The van der Waals surface area contributed by atoms with E-state index in [0.717, 1.165) is 12.1 Å². The van der Waals surface area contributed by atoms with Gasteiger partial charge >= 0.3 is 0 Å². The molecule has 0 amide bonds. The molecule has 0 spiro atoms. The maximum absolute atomic E-state index is 3.78. The fraction of sp³-hybridized carbons (Fsp3) is 0.714. The molecule has 0 bridgehead atoms. The third kappa shape index (κ3) is 3.54. The van der Waals surface area contributed by atoms with Crippen LogP contribution < -0.4 is 5.32 Å². The second-order valence-corrected chi connectivity index (χ2v) is 6.24. The molecule has 1 atom stereocenters. The van der Waals surface area contributed by atoms with E-state index in [0.29, 0.717) is 0 Å². The van der Waals surface area contributed by atoms with E-state index in [-0.39, 0.29) is 0 Å². The molecule has 2 nitrogen and oxygen atoms in total. The lowest BCUT2D eigenvalue weighted by atomic mass is 10.0. The first-order valence-corrected chi connectivity index (χ1v) is 7.84. The van der Waals surface area contributed by atoms with Crippen molar-refractivity contribution in [3.63, 3.8) is 0 Å². The van der Waals surface area contributed by atoms with Gasteiger partial charge in [-0.05, 0) is 61.0 Å².